The van der Waals surface area contributed by atoms with Gasteiger partial charge in [0.1, 0.15) is 5.75 Å². The predicted octanol–water partition coefficient (Wildman–Crippen LogP) is 0.475. The number of ether oxygens (including phenoxy) is 1. The molecule has 0 spiro atoms. The first kappa shape index (κ1) is 14.9. The molecule has 1 rings (SSSR count). The fourth-order valence-electron chi connectivity index (χ4n) is 1.31. The third-order valence-electron chi connectivity index (χ3n) is 2.23. The van der Waals surface area contributed by atoms with Crippen molar-refractivity contribution < 1.29 is 19.6 Å². The lowest BCUT2D eigenvalue weighted by Gasteiger charge is -2.08. The molecule has 0 aliphatic carbocycles. The van der Waals surface area contributed by atoms with Gasteiger partial charge in [-0.15, -0.1) is 0 Å². The fourth-order valence-corrected chi connectivity index (χ4v) is 1.31. The topological polar surface area (TPSA) is 114 Å². The van der Waals surface area contributed by atoms with Crippen LogP contribution in [0.5, 0.6) is 5.75 Å². The second-order valence-electron chi connectivity index (χ2n) is 3.68. The Labute approximate surface area is 109 Å². The second-order valence-corrected chi connectivity index (χ2v) is 3.68. The SMILES string of the molecule is COCCNCC(=O)Nc1cc([N+](=O)[O-])ccc1O. The van der Waals surface area contributed by atoms with E-state index in [0.717, 1.165) is 18.2 Å². The molecule has 104 valence electrons. The van der Waals surface area contributed by atoms with Crippen molar-refractivity contribution in [3.8, 4) is 5.75 Å². The molecule has 0 heterocycles. The molecule has 3 N–H and O–H groups in total. The van der Waals surface area contributed by atoms with Gasteiger partial charge < -0.3 is 20.5 Å². The van der Waals surface area contributed by atoms with E-state index in [9.17, 15) is 20.0 Å². The Morgan fingerprint density at radius 1 is 1.53 bits per heavy atom. The van der Waals surface area contributed by atoms with Crippen LogP contribution in [0.2, 0.25) is 0 Å². The van der Waals surface area contributed by atoms with Gasteiger partial charge in [-0.25, -0.2) is 0 Å². The molecule has 0 fully saturated rings. The van der Waals surface area contributed by atoms with Crippen molar-refractivity contribution in [2.45, 2.75) is 0 Å². The summed E-state index contributed by atoms with van der Waals surface area (Å²) in [6, 6.07) is 3.41. The Kier molecular flexibility index (Phi) is 5.71. The van der Waals surface area contributed by atoms with E-state index in [-0.39, 0.29) is 23.7 Å². The van der Waals surface area contributed by atoms with Crippen molar-refractivity contribution >= 4 is 17.3 Å². The summed E-state index contributed by atoms with van der Waals surface area (Å²) in [4.78, 5) is 21.5. The average Bonchev–Trinajstić information content (AvgIpc) is 2.37. The molecule has 1 amide bonds. The molecule has 19 heavy (non-hydrogen) atoms. The van der Waals surface area contributed by atoms with Crippen molar-refractivity contribution in [3.63, 3.8) is 0 Å². The number of carbonyl (C=O) groups excluding carboxylic acids is 1. The Morgan fingerprint density at radius 3 is 2.89 bits per heavy atom. The van der Waals surface area contributed by atoms with E-state index in [2.05, 4.69) is 10.6 Å². The number of nitro benzene ring substituents is 1. The molecule has 0 aliphatic rings. The first-order valence-electron chi connectivity index (χ1n) is 5.51. The molecular weight excluding hydrogens is 254 g/mol. The lowest BCUT2D eigenvalue weighted by molar-refractivity contribution is -0.384. The molecule has 0 aliphatic heterocycles. The molecule has 0 saturated heterocycles. The molecule has 8 heteroatoms. The van der Waals surface area contributed by atoms with E-state index in [4.69, 9.17) is 4.74 Å². The zero-order valence-corrected chi connectivity index (χ0v) is 10.4. The first-order chi connectivity index (χ1) is 9.04. The molecule has 1 aromatic carbocycles. The molecule has 0 atom stereocenters. The standard InChI is InChI=1S/C11H15N3O5/c1-19-5-4-12-7-11(16)13-9-6-8(14(17)18)2-3-10(9)15/h2-3,6,12,15H,4-5,7H2,1H3,(H,13,16). The maximum absolute atomic E-state index is 11.5. The third-order valence-corrected chi connectivity index (χ3v) is 2.23. The van der Waals surface area contributed by atoms with Crippen LogP contribution in [-0.4, -0.2) is 42.7 Å². The van der Waals surface area contributed by atoms with Gasteiger partial charge in [0.15, 0.2) is 0 Å². The van der Waals surface area contributed by atoms with Crippen LogP contribution in [0.4, 0.5) is 11.4 Å². The summed E-state index contributed by atoms with van der Waals surface area (Å²) in [6.07, 6.45) is 0. The van der Waals surface area contributed by atoms with Crippen LogP contribution in [0.25, 0.3) is 0 Å². The number of nitrogens with one attached hydrogen (secondary N) is 2. The molecule has 0 bridgehead atoms. The van der Waals surface area contributed by atoms with E-state index in [1.165, 1.54) is 0 Å². The minimum atomic E-state index is -0.605. The van der Waals surface area contributed by atoms with Gasteiger partial charge in [-0.1, -0.05) is 0 Å². The quantitative estimate of drug-likeness (QED) is 0.287. The summed E-state index contributed by atoms with van der Waals surface area (Å²) in [5.41, 5.74) is -0.201. The first-order valence-corrected chi connectivity index (χ1v) is 5.51. The highest BCUT2D eigenvalue weighted by Crippen LogP contribution is 2.27. The summed E-state index contributed by atoms with van der Waals surface area (Å²) in [5, 5.41) is 25.3. The van der Waals surface area contributed by atoms with E-state index in [1.807, 2.05) is 0 Å². The van der Waals surface area contributed by atoms with Crippen molar-refractivity contribution in [1.82, 2.24) is 5.32 Å². The Balaban J connectivity index is 2.58. The molecule has 0 unspecified atom stereocenters. The van der Waals surface area contributed by atoms with Gasteiger partial charge in [0.2, 0.25) is 5.91 Å². The largest absolute Gasteiger partial charge is 0.506 e. The van der Waals surface area contributed by atoms with Crippen LogP contribution in [0, 0.1) is 10.1 Å². The number of phenolic OH excluding ortho intramolecular Hbond substituents is 1. The van der Waals surface area contributed by atoms with Crippen molar-refractivity contribution in [1.29, 1.82) is 0 Å². The molecule has 0 saturated carbocycles. The number of methoxy groups -OCH3 is 1. The maximum Gasteiger partial charge on any atom is 0.271 e. The van der Waals surface area contributed by atoms with E-state index >= 15 is 0 Å². The number of non-ortho nitro benzene ring substituents is 1. The summed E-state index contributed by atoms with van der Waals surface area (Å²) in [5.74, 6) is -0.636. The normalized spacial score (nSPS) is 10.2. The monoisotopic (exact) mass is 269 g/mol. The van der Waals surface area contributed by atoms with Crippen LogP contribution in [-0.2, 0) is 9.53 Å². The van der Waals surface area contributed by atoms with Crippen LogP contribution in [0.3, 0.4) is 0 Å². The van der Waals surface area contributed by atoms with Crippen LogP contribution >= 0.6 is 0 Å². The number of anilines is 1. The number of nitrogens with zero attached hydrogens (tertiary/aromatic N) is 1. The molecule has 8 nitrogen and oxygen atoms in total. The number of nitro groups is 1. The Hall–Kier alpha value is -2.19. The highest BCUT2D eigenvalue weighted by Gasteiger charge is 2.12. The lowest BCUT2D eigenvalue weighted by atomic mass is 10.2. The smallest absolute Gasteiger partial charge is 0.271 e. The van der Waals surface area contributed by atoms with Gasteiger partial charge in [-0.3, -0.25) is 14.9 Å². The second kappa shape index (κ2) is 7.29. The van der Waals surface area contributed by atoms with E-state index in [1.54, 1.807) is 7.11 Å². The molecule has 0 radical (unpaired) electrons. The van der Waals surface area contributed by atoms with Gasteiger partial charge in [0.05, 0.1) is 23.8 Å². The van der Waals surface area contributed by atoms with Gasteiger partial charge in [0, 0.05) is 25.8 Å². The Bertz CT molecular complexity index is 464. The number of carbonyl (C=O) groups is 1. The average molecular weight is 269 g/mol. The highest BCUT2D eigenvalue weighted by molar-refractivity contribution is 5.94. The third kappa shape index (κ3) is 4.90. The summed E-state index contributed by atoms with van der Waals surface area (Å²) < 4.78 is 4.79. The number of rotatable bonds is 7. The van der Waals surface area contributed by atoms with Crippen LogP contribution < -0.4 is 10.6 Å². The molecular formula is C11H15N3O5. The number of hydrogen-bond donors (Lipinski definition) is 3. The number of phenols is 1. The zero-order valence-electron chi connectivity index (χ0n) is 10.4. The minimum absolute atomic E-state index is 0.00717. The van der Waals surface area contributed by atoms with Gasteiger partial charge in [-0.05, 0) is 6.07 Å². The summed E-state index contributed by atoms with van der Waals surface area (Å²) in [7, 11) is 1.54. The van der Waals surface area contributed by atoms with Gasteiger partial charge in [-0.2, -0.15) is 0 Å². The maximum atomic E-state index is 11.5. The van der Waals surface area contributed by atoms with Crippen molar-refractivity contribution in [2.75, 3.05) is 32.1 Å². The van der Waals surface area contributed by atoms with Crippen molar-refractivity contribution in [2.24, 2.45) is 0 Å². The summed E-state index contributed by atoms with van der Waals surface area (Å²) >= 11 is 0. The number of amides is 1. The lowest BCUT2D eigenvalue weighted by Crippen LogP contribution is -2.30. The van der Waals surface area contributed by atoms with Crippen LogP contribution in [0.1, 0.15) is 0 Å². The number of benzene rings is 1. The fraction of sp³-hybridized carbons (Fsp3) is 0.364. The molecule has 1 aromatic rings. The molecule has 0 aromatic heterocycles. The highest BCUT2D eigenvalue weighted by atomic mass is 16.6. The van der Waals surface area contributed by atoms with Crippen molar-refractivity contribution in [3.05, 3.63) is 28.3 Å². The van der Waals surface area contributed by atoms with Crippen LogP contribution in [0.15, 0.2) is 18.2 Å². The predicted molar refractivity (Wildman–Crippen MR) is 68.1 cm³/mol. The van der Waals surface area contributed by atoms with Gasteiger partial charge >= 0.3 is 0 Å². The minimum Gasteiger partial charge on any atom is -0.506 e. The van der Waals surface area contributed by atoms with Gasteiger partial charge in [0.25, 0.3) is 5.69 Å². The van der Waals surface area contributed by atoms with E-state index < -0.39 is 10.8 Å². The zero-order chi connectivity index (χ0) is 14.3. The Morgan fingerprint density at radius 2 is 2.26 bits per heavy atom. The van der Waals surface area contributed by atoms with E-state index in [0.29, 0.717) is 13.2 Å². The number of aromatic hydroxyl groups is 1. The summed E-state index contributed by atoms with van der Waals surface area (Å²) in [6.45, 7) is 0.992. The number of hydrogen-bond acceptors (Lipinski definition) is 6.